The molecule has 1 N–H and O–H groups in total. The van der Waals surface area contributed by atoms with E-state index in [1.807, 2.05) is 18.2 Å². The Morgan fingerprint density at radius 2 is 2.21 bits per heavy atom. The van der Waals surface area contributed by atoms with Gasteiger partial charge in [0.1, 0.15) is 0 Å². The number of nitrogens with one attached hydrogen (secondary N) is 1. The molecule has 2 rings (SSSR count). The van der Waals surface area contributed by atoms with E-state index in [0.29, 0.717) is 4.47 Å². The van der Waals surface area contributed by atoms with Crippen molar-refractivity contribution in [1.29, 1.82) is 0 Å². The standard InChI is InChI=1S/C11H10BrNO/c1-2-7-3-4-10-8(5-7)11(14)9(12)6-13-10/h3-6H,2H2,1H3,(H,13,14). The molecule has 14 heavy (non-hydrogen) atoms. The first-order valence-corrected chi connectivity index (χ1v) is 5.31. The molecule has 0 saturated carbocycles. The van der Waals surface area contributed by atoms with Gasteiger partial charge in [0.25, 0.3) is 0 Å². The average Bonchev–Trinajstić information content (AvgIpc) is 2.23. The number of halogens is 1. The fourth-order valence-corrected chi connectivity index (χ4v) is 1.79. The summed E-state index contributed by atoms with van der Waals surface area (Å²) in [6.45, 7) is 2.08. The van der Waals surface area contributed by atoms with Crippen LogP contribution < -0.4 is 5.43 Å². The monoisotopic (exact) mass is 251 g/mol. The van der Waals surface area contributed by atoms with E-state index in [0.717, 1.165) is 17.3 Å². The van der Waals surface area contributed by atoms with E-state index in [4.69, 9.17) is 0 Å². The van der Waals surface area contributed by atoms with Gasteiger partial charge in [-0.3, -0.25) is 4.79 Å². The SMILES string of the molecule is CCc1ccc2[nH]cc(Br)c(=O)c2c1. The van der Waals surface area contributed by atoms with Crippen LogP contribution in [0.4, 0.5) is 0 Å². The topological polar surface area (TPSA) is 32.9 Å². The van der Waals surface area contributed by atoms with Gasteiger partial charge in [0.15, 0.2) is 0 Å². The summed E-state index contributed by atoms with van der Waals surface area (Å²) in [4.78, 5) is 14.8. The number of pyridine rings is 1. The molecule has 0 aliphatic carbocycles. The largest absolute Gasteiger partial charge is 0.360 e. The Balaban J connectivity index is 2.85. The maximum Gasteiger partial charge on any atom is 0.203 e. The van der Waals surface area contributed by atoms with Crippen molar-refractivity contribution < 1.29 is 0 Å². The third kappa shape index (κ3) is 1.48. The van der Waals surface area contributed by atoms with Crippen LogP contribution >= 0.6 is 15.9 Å². The van der Waals surface area contributed by atoms with Crippen LogP contribution in [0.2, 0.25) is 0 Å². The van der Waals surface area contributed by atoms with Gasteiger partial charge < -0.3 is 4.98 Å². The molecule has 0 bridgehead atoms. The number of aromatic nitrogens is 1. The Kier molecular flexibility index (Phi) is 2.42. The van der Waals surface area contributed by atoms with Gasteiger partial charge in [0.05, 0.1) is 4.47 Å². The Bertz CT molecular complexity index is 530. The van der Waals surface area contributed by atoms with Gasteiger partial charge in [-0.05, 0) is 40.0 Å². The van der Waals surface area contributed by atoms with E-state index in [9.17, 15) is 4.79 Å². The van der Waals surface area contributed by atoms with Crippen molar-refractivity contribution in [2.24, 2.45) is 0 Å². The molecule has 0 unspecified atom stereocenters. The molecule has 1 aromatic heterocycles. The highest BCUT2D eigenvalue weighted by molar-refractivity contribution is 9.10. The first-order chi connectivity index (χ1) is 6.72. The highest BCUT2D eigenvalue weighted by Crippen LogP contribution is 2.13. The number of fused-ring (bicyclic) bond motifs is 1. The lowest BCUT2D eigenvalue weighted by molar-refractivity contribution is 1.14. The van der Waals surface area contributed by atoms with Crippen molar-refractivity contribution in [2.45, 2.75) is 13.3 Å². The predicted octanol–water partition coefficient (Wildman–Crippen LogP) is 2.85. The third-order valence-corrected chi connectivity index (χ3v) is 2.90. The van der Waals surface area contributed by atoms with Crippen molar-refractivity contribution >= 4 is 26.8 Å². The van der Waals surface area contributed by atoms with Gasteiger partial charge in [0, 0.05) is 17.1 Å². The zero-order valence-electron chi connectivity index (χ0n) is 7.80. The highest BCUT2D eigenvalue weighted by Gasteiger charge is 2.02. The van der Waals surface area contributed by atoms with E-state index < -0.39 is 0 Å². The van der Waals surface area contributed by atoms with Gasteiger partial charge >= 0.3 is 0 Å². The summed E-state index contributed by atoms with van der Waals surface area (Å²) in [5.74, 6) is 0. The summed E-state index contributed by atoms with van der Waals surface area (Å²) in [5, 5.41) is 0.749. The average molecular weight is 252 g/mol. The number of aromatic amines is 1. The normalized spacial score (nSPS) is 10.7. The fraction of sp³-hybridized carbons (Fsp3) is 0.182. The molecular weight excluding hydrogens is 242 g/mol. The first-order valence-electron chi connectivity index (χ1n) is 4.52. The molecule has 0 aliphatic rings. The minimum absolute atomic E-state index is 0.0500. The fourth-order valence-electron chi connectivity index (χ4n) is 1.46. The Morgan fingerprint density at radius 3 is 2.93 bits per heavy atom. The van der Waals surface area contributed by atoms with Crippen LogP contribution in [0.25, 0.3) is 10.9 Å². The molecule has 0 amide bonds. The van der Waals surface area contributed by atoms with Gasteiger partial charge in [-0.15, -0.1) is 0 Å². The van der Waals surface area contributed by atoms with Crippen molar-refractivity contribution in [3.63, 3.8) is 0 Å². The maximum atomic E-state index is 11.7. The quantitative estimate of drug-likeness (QED) is 0.831. The molecule has 0 aliphatic heterocycles. The molecule has 1 aromatic carbocycles. The van der Waals surface area contributed by atoms with E-state index in [2.05, 4.69) is 27.8 Å². The van der Waals surface area contributed by atoms with E-state index in [1.165, 1.54) is 5.56 Å². The summed E-state index contributed by atoms with van der Waals surface area (Å²) >= 11 is 3.22. The Morgan fingerprint density at radius 1 is 1.43 bits per heavy atom. The van der Waals surface area contributed by atoms with E-state index in [1.54, 1.807) is 6.20 Å². The summed E-state index contributed by atoms with van der Waals surface area (Å²) < 4.78 is 0.582. The van der Waals surface area contributed by atoms with Crippen molar-refractivity contribution in [3.05, 3.63) is 44.7 Å². The lowest BCUT2D eigenvalue weighted by Crippen LogP contribution is -2.03. The second kappa shape index (κ2) is 3.58. The third-order valence-electron chi connectivity index (χ3n) is 2.31. The maximum absolute atomic E-state index is 11.7. The van der Waals surface area contributed by atoms with Crippen LogP contribution in [0.15, 0.2) is 33.7 Å². The number of hydrogen-bond donors (Lipinski definition) is 1. The highest BCUT2D eigenvalue weighted by atomic mass is 79.9. The molecular formula is C11H10BrNO. The summed E-state index contributed by atoms with van der Waals surface area (Å²) in [7, 11) is 0. The zero-order valence-corrected chi connectivity index (χ0v) is 9.39. The van der Waals surface area contributed by atoms with Gasteiger partial charge in [-0.2, -0.15) is 0 Å². The van der Waals surface area contributed by atoms with Crippen LogP contribution in [0.1, 0.15) is 12.5 Å². The van der Waals surface area contributed by atoms with E-state index >= 15 is 0 Å². The second-order valence-electron chi connectivity index (χ2n) is 3.20. The molecule has 0 atom stereocenters. The molecule has 0 radical (unpaired) electrons. The van der Waals surface area contributed by atoms with Crippen LogP contribution in [0, 0.1) is 0 Å². The molecule has 1 heterocycles. The lowest BCUT2D eigenvalue weighted by Gasteiger charge is -2.01. The number of H-pyrrole nitrogens is 1. The first kappa shape index (κ1) is 9.46. The lowest BCUT2D eigenvalue weighted by atomic mass is 10.1. The number of aryl methyl sites for hydroxylation is 1. The number of rotatable bonds is 1. The van der Waals surface area contributed by atoms with Crippen LogP contribution in [0.3, 0.4) is 0 Å². The van der Waals surface area contributed by atoms with Crippen LogP contribution in [0.5, 0.6) is 0 Å². The smallest absolute Gasteiger partial charge is 0.203 e. The molecule has 0 saturated heterocycles. The van der Waals surface area contributed by atoms with Crippen molar-refractivity contribution in [3.8, 4) is 0 Å². The summed E-state index contributed by atoms with van der Waals surface area (Å²) in [6, 6.07) is 5.92. The second-order valence-corrected chi connectivity index (χ2v) is 4.05. The van der Waals surface area contributed by atoms with Gasteiger partial charge in [-0.25, -0.2) is 0 Å². The van der Waals surface area contributed by atoms with Gasteiger partial charge in [0.2, 0.25) is 5.43 Å². The van der Waals surface area contributed by atoms with Crippen LogP contribution in [-0.4, -0.2) is 4.98 Å². The minimum atomic E-state index is 0.0500. The van der Waals surface area contributed by atoms with Crippen LogP contribution in [-0.2, 0) is 6.42 Å². The molecule has 0 fully saturated rings. The van der Waals surface area contributed by atoms with E-state index in [-0.39, 0.29) is 5.43 Å². The Hall–Kier alpha value is -1.09. The number of benzene rings is 1. The summed E-state index contributed by atoms with van der Waals surface area (Å²) in [6.07, 6.45) is 2.62. The predicted molar refractivity (Wildman–Crippen MR) is 61.6 cm³/mol. The minimum Gasteiger partial charge on any atom is -0.360 e. The molecule has 3 heteroatoms. The zero-order chi connectivity index (χ0) is 10.1. The summed E-state index contributed by atoms with van der Waals surface area (Å²) in [5.41, 5.74) is 2.12. The van der Waals surface area contributed by atoms with Gasteiger partial charge in [-0.1, -0.05) is 13.0 Å². The van der Waals surface area contributed by atoms with Crippen molar-refractivity contribution in [2.75, 3.05) is 0 Å². The molecule has 72 valence electrons. The Labute approximate surface area is 90.1 Å². The number of hydrogen-bond acceptors (Lipinski definition) is 1. The molecule has 2 aromatic rings. The molecule has 0 spiro atoms. The molecule has 2 nitrogen and oxygen atoms in total. The van der Waals surface area contributed by atoms with Crippen molar-refractivity contribution in [1.82, 2.24) is 4.98 Å².